The summed E-state index contributed by atoms with van der Waals surface area (Å²) >= 11 is 4.07. The van der Waals surface area contributed by atoms with Crippen molar-refractivity contribution in [2.24, 2.45) is 5.92 Å². The Labute approximate surface area is 79.5 Å². The molecule has 1 aliphatic rings. The molecular weight excluding hydrogens is 170 g/mol. The van der Waals surface area contributed by atoms with Crippen LogP contribution in [0.25, 0.3) is 0 Å². The standard InChI is InChI=1S/C9H17NOS/c1-6(8-4-3-5-8)10-9(11)7(2)12/h6-8,12H,3-5H2,1-2H3,(H,10,11). The molecule has 2 nitrogen and oxygen atoms in total. The lowest BCUT2D eigenvalue weighted by Crippen LogP contribution is -2.43. The molecule has 1 saturated carbocycles. The van der Waals surface area contributed by atoms with Crippen molar-refractivity contribution in [1.82, 2.24) is 5.32 Å². The van der Waals surface area contributed by atoms with Gasteiger partial charge in [-0.15, -0.1) is 0 Å². The number of carbonyl (C=O) groups is 1. The van der Waals surface area contributed by atoms with Crippen molar-refractivity contribution >= 4 is 18.5 Å². The van der Waals surface area contributed by atoms with Crippen LogP contribution < -0.4 is 5.32 Å². The smallest absolute Gasteiger partial charge is 0.232 e. The van der Waals surface area contributed by atoms with E-state index < -0.39 is 0 Å². The lowest BCUT2D eigenvalue weighted by atomic mass is 9.80. The van der Waals surface area contributed by atoms with Crippen LogP contribution in [0, 0.1) is 5.92 Å². The monoisotopic (exact) mass is 187 g/mol. The number of nitrogens with one attached hydrogen (secondary N) is 1. The number of hydrogen-bond donors (Lipinski definition) is 2. The van der Waals surface area contributed by atoms with Gasteiger partial charge in [-0.2, -0.15) is 12.6 Å². The third-order valence-corrected chi connectivity index (χ3v) is 2.84. The van der Waals surface area contributed by atoms with E-state index >= 15 is 0 Å². The van der Waals surface area contributed by atoms with Gasteiger partial charge in [-0.25, -0.2) is 0 Å². The predicted molar refractivity (Wildman–Crippen MR) is 53.4 cm³/mol. The molecule has 0 aromatic carbocycles. The summed E-state index contributed by atoms with van der Waals surface area (Å²) in [7, 11) is 0. The second kappa shape index (κ2) is 4.17. The lowest BCUT2D eigenvalue weighted by Gasteiger charge is -2.32. The second-order valence-corrected chi connectivity index (χ2v) is 4.44. The third-order valence-electron chi connectivity index (χ3n) is 2.61. The molecule has 0 aromatic rings. The van der Waals surface area contributed by atoms with Crippen molar-refractivity contribution in [3.05, 3.63) is 0 Å². The summed E-state index contributed by atoms with van der Waals surface area (Å²) in [6, 6.07) is 0.334. The maximum atomic E-state index is 11.2. The fraction of sp³-hybridized carbons (Fsp3) is 0.889. The molecule has 2 atom stereocenters. The first-order chi connectivity index (χ1) is 5.61. The van der Waals surface area contributed by atoms with Gasteiger partial charge in [0.05, 0.1) is 5.25 Å². The Hall–Kier alpha value is -0.180. The SMILES string of the molecule is CC(S)C(=O)NC(C)C1CCC1. The van der Waals surface area contributed by atoms with Gasteiger partial charge in [0.25, 0.3) is 0 Å². The Kier molecular flexibility index (Phi) is 3.44. The highest BCUT2D eigenvalue weighted by atomic mass is 32.1. The zero-order chi connectivity index (χ0) is 9.14. The quantitative estimate of drug-likeness (QED) is 0.646. The van der Waals surface area contributed by atoms with Gasteiger partial charge >= 0.3 is 0 Å². The molecule has 12 heavy (non-hydrogen) atoms. The van der Waals surface area contributed by atoms with E-state index in [-0.39, 0.29) is 11.2 Å². The maximum Gasteiger partial charge on any atom is 0.232 e. The van der Waals surface area contributed by atoms with Crippen LogP contribution in [0.1, 0.15) is 33.1 Å². The minimum Gasteiger partial charge on any atom is -0.352 e. The van der Waals surface area contributed by atoms with Crippen molar-refractivity contribution in [1.29, 1.82) is 0 Å². The van der Waals surface area contributed by atoms with Crippen LogP contribution in [0.3, 0.4) is 0 Å². The second-order valence-electron chi connectivity index (χ2n) is 3.66. The summed E-state index contributed by atoms with van der Waals surface area (Å²) in [4.78, 5) is 11.2. The molecule has 70 valence electrons. The first-order valence-electron chi connectivity index (χ1n) is 4.59. The molecule has 0 aromatic heterocycles. The fourth-order valence-electron chi connectivity index (χ4n) is 1.40. The van der Waals surface area contributed by atoms with Crippen molar-refractivity contribution in [2.45, 2.75) is 44.4 Å². The van der Waals surface area contributed by atoms with Crippen molar-refractivity contribution in [2.75, 3.05) is 0 Å². The summed E-state index contributed by atoms with van der Waals surface area (Å²) in [5, 5.41) is 2.78. The molecule has 3 heteroatoms. The van der Waals surface area contributed by atoms with Gasteiger partial charge in [-0.3, -0.25) is 4.79 Å². The largest absolute Gasteiger partial charge is 0.352 e. The summed E-state index contributed by atoms with van der Waals surface area (Å²) in [6.07, 6.45) is 3.85. The fourth-order valence-corrected chi connectivity index (χ4v) is 1.48. The minimum atomic E-state index is -0.187. The highest BCUT2D eigenvalue weighted by Gasteiger charge is 2.25. The highest BCUT2D eigenvalue weighted by Crippen LogP contribution is 2.29. The number of carbonyl (C=O) groups excluding carboxylic acids is 1. The van der Waals surface area contributed by atoms with Gasteiger partial charge in [-0.1, -0.05) is 6.42 Å². The Morgan fingerprint density at radius 3 is 2.42 bits per heavy atom. The minimum absolute atomic E-state index is 0.0535. The van der Waals surface area contributed by atoms with Crippen LogP contribution in [-0.4, -0.2) is 17.2 Å². The average Bonchev–Trinajstić information content (AvgIpc) is 1.82. The Morgan fingerprint density at radius 2 is 2.08 bits per heavy atom. The van der Waals surface area contributed by atoms with Crippen molar-refractivity contribution in [3.63, 3.8) is 0 Å². The van der Waals surface area contributed by atoms with E-state index in [2.05, 4.69) is 24.9 Å². The highest BCUT2D eigenvalue weighted by molar-refractivity contribution is 7.81. The van der Waals surface area contributed by atoms with E-state index in [4.69, 9.17) is 0 Å². The molecule has 1 fully saturated rings. The predicted octanol–water partition coefficient (Wildman–Crippen LogP) is 1.61. The number of hydrogen-bond acceptors (Lipinski definition) is 2. The summed E-state index contributed by atoms with van der Waals surface area (Å²) in [5.41, 5.74) is 0. The topological polar surface area (TPSA) is 29.1 Å². The molecule has 0 heterocycles. The first-order valence-corrected chi connectivity index (χ1v) is 5.11. The summed E-state index contributed by atoms with van der Waals surface area (Å²) in [6.45, 7) is 3.88. The number of rotatable bonds is 3. The summed E-state index contributed by atoms with van der Waals surface area (Å²) < 4.78 is 0. The van der Waals surface area contributed by atoms with Crippen LogP contribution >= 0.6 is 12.6 Å². The molecule has 0 radical (unpaired) electrons. The summed E-state index contributed by atoms with van der Waals surface area (Å²) in [5.74, 6) is 0.763. The Bertz CT molecular complexity index is 166. The Morgan fingerprint density at radius 1 is 1.50 bits per heavy atom. The first kappa shape index (κ1) is 9.90. The zero-order valence-corrected chi connectivity index (χ0v) is 8.60. The van der Waals surface area contributed by atoms with Gasteiger partial charge in [0.2, 0.25) is 5.91 Å². The van der Waals surface area contributed by atoms with Crippen molar-refractivity contribution in [3.8, 4) is 0 Å². The molecular formula is C9H17NOS. The lowest BCUT2D eigenvalue weighted by molar-refractivity contribution is -0.121. The van der Waals surface area contributed by atoms with E-state index in [1.54, 1.807) is 6.92 Å². The molecule has 0 aliphatic heterocycles. The molecule has 1 amide bonds. The van der Waals surface area contributed by atoms with E-state index in [1.165, 1.54) is 19.3 Å². The van der Waals surface area contributed by atoms with E-state index in [0.29, 0.717) is 12.0 Å². The van der Waals surface area contributed by atoms with Gasteiger partial charge < -0.3 is 5.32 Å². The number of thiol groups is 1. The van der Waals surface area contributed by atoms with Crippen LogP contribution in [0.2, 0.25) is 0 Å². The van der Waals surface area contributed by atoms with E-state index in [9.17, 15) is 4.79 Å². The third kappa shape index (κ3) is 2.41. The number of amides is 1. The Balaban J connectivity index is 2.24. The zero-order valence-electron chi connectivity index (χ0n) is 7.71. The molecule has 2 unspecified atom stereocenters. The van der Waals surface area contributed by atoms with Gasteiger partial charge in [0.1, 0.15) is 0 Å². The van der Waals surface area contributed by atoms with Crippen LogP contribution in [0.5, 0.6) is 0 Å². The molecule has 0 spiro atoms. The van der Waals surface area contributed by atoms with Crippen molar-refractivity contribution < 1.29 is 4.79 Å². The van der Waals surface area contributed by atoms with Crippen LogP contribution in [-0.2, 0) is 4.79 Å². The average molecular weight is 187 g/mol. The van der Waals surface area contributed by atoms with Gasteiger partial charge in [-0.05, 0) is 32.6 Å². The van der Waals surface area contributed by atoms with Gasteiger partial charge in [0, 0.05) is 6.04 Å². The molecule has 0 saturated heterocycles. The van der Waals surface area contributed by atoms with Crippen LogP contribution in [0.4, 0.5) is 0 Å². The molecule has 0 bridgehead atoms. The van der Waals surface area contributed by atoms with Crippen LogP contribution in [0.15, 0.2) is 0 Å². The molecule has 1 rings (SSSR count). The maximum absolute atomic E-state index is 11.2. The van der Waals surface area contributed by atoms with Gasteiger partial charge in [0.15, 0.2) is 0 Å². The molecule has 1 N–H and O–H groups in total. The van der Waals surface area contributed by atoms with E-state index in [0.717, 1.165) is 0 Å². The van der Waals surface area contributed by atoms with E-state index in [1.807, 2.05) is 0 Å². The normalized spacial score (nSPS) is 22.6. The molecule has 1 aliphatic carbocycles.